The van der Waals surface area contributed by atoms with Crippen LogP contribution < -0.4 is 0 Å². The zero-order valence-corrected chi connectivity index (χ0v) is 28.9. The van der Waals surface area contributed by atoms with E-state index in [1.165, 1.54) is 56.9 Å². The minimum atomic E-state index is -1.31. The monoisotopic (exact) mass is 618 g/mol. The molecule has 44 heavy (non-hydrogen) atoms. The predicted molar refractivity (Wildman–Crippen MR) is 175 cm³/mol. The molecule has 6 heteroatoms. The number of allylic oxidation sites excluding steroid dienone is 1. The van der Waals surface area contributed by atoms with Gasteiger partial charge in [0.1, 0.15) is 24.4 Å². The van der Waals surface area contributed by atoms with E-state index in [9.17, 15) is 15.3 Å². The van der Waals surface area contributed by atoms with Crippen molar-refractivity contribution >= 4 is 0 Å². The molecule has 3 saturated carbocycles. The van der Waals surface area contributed by atoms with Gasteiger partial charge in [-0.1, -0.05) is 85.3 Å². The number of rotatable bonds is 13. The van der Waals surface area contributed by atoms with Gasteiger partial charge in [0.2, 0.25) is 0 Å². The van der Waals surface area contributed by atoms with Gasteiger partial charge in [0.15, 0.2) is 6.29 Å². The van der Waals surface area contributed by atoms with Gasteiger partial charge >= 0.3 is 0 Å². The van der Waals surface area contributed by atoms with Crippen molar-refractivity contribution in [1.82, 2.24) is 0 Å². The molecule has 254 valence electrons. The highest BCUT2D eigenvalue weighted by atomic mass is 16.7. The van der Waals surface area contributed by atoms with Crippen LogP contribution in [0.3, 0.4) is 0 Å². The molecular formula is C38H66O6. The minimum absolute atomic E-state index is 0.0597. The molecule has 0 aromatic heterocycles. The molecule has 0 spiro atoms. The summed E-state index contributed by atoms with van der Waals surface area (Å²) < 4.78 is 18.2. The van der Waals surface area contributed by atoms with Gasteiger partial charge in [0, 0.05) is 6.61 Å². The number of aliphatic hydroxyl groups is 3. The largest absolute Gasteiger partial charge is 0.387 e. The van der Waals surface area contributed by atoms with Crippen molar-refractivity contribution in [1.29, 1.82) is 0 Å². The van der Waals surface area contributed by atoms with Crippen molar-refractivity contribution in [3.05, 3.63) is 11.6 Å². The van der Waals surface area contributed by atoms with Crippen molar-refractivity contribution in [2.45, 2.75) is 168 Å². The fourth-order valence-electron chi connectivity index (χ4n) is 10.8. The maximum absolute atomic E-state index is 10.8. The van der Waals surface area contributed by atoms with Crippen LogP contribution in [0.1, 0.15) is 131 Å². The first-order valence-corrected chi connectivity index (χ1v) is 18.6. The van der Waals surface area contributed by atoms with Crippen LogP contribution in [0, 0.1) is 46.3 Å². The highest BCUT2D eigenvalue weighted by Crippen LogP contribution is 2.67. The van der Waals surface area contributed by atoms with Crippen LogP contribution >= 0.6 is 0 Å². The van der Waals surface area contributed by atoms with E-state index < -0.39 is 30.7 Å². The van der Waals surface area contributed by atoms with E-state index in [-0.39, 0.29) is 18.1 Å². The van der Waals surface area contributed by atoms with Crippen LogP contribution in [0.4, 0.5) is 0 Å². The Morgan fingerprint density at radius 2 is 1.70 bits per heavy atom. The van der Waals surface area contributed by atoms with E-state index in [1.54, 1.807) is 0 Å². The molecule has 0 radical (unpaired) electrons. The summed E-state index contributed by atoms with van der Waals surface area (Å²) in [5, 5.41) is 31.9. The molecule has 1 aliphatic heterocycles. The number of fused-ring (bicyclic) bond motifs is 5. The standard InChI is InChI=1S/C38H66O6/c1-7-8-9-21-42-23-32-33(39)34(40)35(41)36(44-32)43-27-17-19-37(5)26(22-27)13-14-28-30-16-15-29(25(4)12-10-11-24(2)3)38(30,6)20-18-31(28)37/h13,24-25,27-36,39-41H,7-12,14-23H2,1-6H3/t25-,27?,28+,29-,30+,31+,32-,33-,34+,35-,36+,37+,38-/m1/s1. The van der Waals surface area contributed by atoms with E-state index >= 15 is 0 Å². The van der Waals surface area contributed by atoms with Crippen LogP contribution in [-0.2, 0) is 14.2 Å². The zero-order chi connectivity index (χ0) is 31.6. The predicted octanol–water partition coefficient (Wildman–Crippen LogP) is 7.43. The van der Waals surface area contributed by atoms with E-state index in [2.05, 4.69) is 47.6 Å². The van der Waals surface area contributed by atoms with Gasteiger partial charge in [0.25, 0.3) is 0 Å². The molecule has 5 aliphatic rings. The Labute approximate surface area is 268 Å². The molecule has 0 aromatic rings. The third-order valence-electron chi connectivity index (χ3n) is 13.4. The lowest BCUT2D eigenvalue weighted by Gasteiger charge is -2.58. The maximum atomic E-state index is 10.8. The Hall–Kier alpha value is -0.500. The van der Waals surface area contributed by atoms with Crippen LogP contribution in [-0.4, -0.2) is 65.3 Å². The lowest BCUT2D eigenvalue weighted by atomic mass is 9.47. The molecule has 0 bridgehead atoms. The van der Waals surface area contributed by atoms with E-state index in [0.29, 0.717) is 12.0 Å². The van der Waals surface area contributed by atoms with Gasteiger partial charge < -0.3 is 29.5 Å². The normalized spacial score (nSPS) is 44.5. The second kappa shape index (κ2) is 14.7. The number of aliphatic hydroxyl groups excluding tert-OH is 3. The number of hydrogen-bond donors (Lipinski definition) is 3. The molecule has 6 nitrogen and oxygen atoms in total. The smallest absolute Gasteiger partial charge is 0.186 e. The summed E-state index contributed by atoms with van der Waals surface area (Å²) in [5.41, 5.74) is 2.26. The summed E-state index contributed by atoms with van der Waals surface area (Å²) in [6.07, 6.45) is 14.0. The molecule has 1 saturated heterocycles. The van der Waals surface area contributed by atoms with Crippen LogP contribution in [0.5, 0.6) is 0 Å². The molecule has 0 aromatic carbocycles. The molecular weight excluding hydrogens is 552 g/mol. The Bertz CT molecular complexity index is 952. The molecule has 1 heterocycles. The summed E-state index contributed by atoms with van der Waals surface area (Å²) in [5.74, 6) is 4.92. The van der Waals surface area contributed by atoms with Gasteiger partial charge in [-0.05, 0) is 104 Å². The second-order valence-electron chi connectivity index (χ2n) is 16.6. The average Bonchev–Trinajstić information content (AvgIpc) is 3.35. The Kier molecular flexibility index (Phi) is 11.7. The Morgan fingerprint density at radius 3 is 2.45 bits per heavy atom. The molecule has 4 aliphatic carbocycles. The maximum Gasteiger partial charge on any atom is 0.186 e. The number of hydrogen-bond acceptors (Lipinski definition) is 6. The molecule has 5 rings (SSSR count). The molecule has 3 N–H and O–H groups in total. The summed E-state index contributed by atoms with van der Waals surface area (Å²) in [7, 11) is 0. The van der Waals surface area contributed by atoms with E-state index in [4.69, 9.17) is 14.2 Å². The first-order chi connectivity index (χ1) is 21.0. The first-order valence-electron chi connectivity index (χ1n) is 18.6. The SMILES string of the molecule is CCCCCOC[C@H]1O[C@H](OC2CC[C@@]3(C)C(=CC[C@H]4[C@@H]5CC[C@H]([C@H](C)CCCC(C)C)[C@@]5(C)CC[C@@H]43)C2)[C@H](O)[C@@H](O)[C@@H]1O. The average molecular weight is 619 g/mol. The van der Waals surface area contributed by atoms with Crippen LogP contribution in [0.15, 0.2) is 11.6 Å². The van der Waals surface area contributed by atoms with Gasteiger partial charge in [-0.2, -0.15) is 0 Å². The molecule has 4 fully saturated rings. The van der Waals surface area contributed by atoms with Crippen molar-refractivity contribution in [2.24, 2.45) is 46.3 Å². The van der Waals surface area contributed by atoms with E-state index in [0.717, 1.165) is 74.0 Å². The Morgan fingerprint density at radius 1 is 0.909 bits per heavy atom. The third-order valence-corrected chi connectivity index (χ3v) is 13.4. The highest BCUT2D eigenvalue weighted by Gasteiger charge is 2.59. The van der Waals surface area contributed by atoms with Gasteiger partial charge in [0.05, 0.1) is 12.7 Å². The molecule has 1 unspecified atom stereocenters. The minimum Gasteiger partial charge on any atom is -0.387 e. The van der Waals surface area contributed by atoms with Gasteiger partial charge in [-0.3, -0.25) is 0 Å². The topological polar surface area (TPSA) is 88.4 Å². The van der Waals surface area contributed by atoms with Crippen molar-refractivity contribution in [3.8, 4) is 0 Å². The van der Waals surface area contributed by atoms with Crippen molar-refractivity contribution in [3.63, 3.8) is 0 Å². The second-order valence-corrected chi connectivity index (χ2v) is 16.6. The zero-order valence-electron chi connectivity index (χ0n) is 28.9. The third kappa shape index (κ3) is 7.02. The fourth-order valence-corrected chi connectivity index (χ4v) is 10.8. The highest BCUT2D eigenvalue weighted by molar-refractivity contribution is 5.25. The van der Waals surface area contributed by atoms with Crippen LogP contribution in [0.2, 0.25) is 0 Å². The van der Waals surface area contributed by atoms with Crippen molar-refractivity contribution in [2.75, 3.05) is 13.2 Å². The Balaban J connectivity index is 1.19. The van der Waals surface area contributed by atoms with Crippen LogP contribution in [0.25, 0.3) is 0 Å². The lowest BCUT2D eigenvalue weighted by Crippen LogP contribution is -2.60. The number of ether oxygens (including phenoxy) is 3. The number of unbranched alkanes of at least 4 members (excludes halogenated alkanes) is 2. The van der Waals surface area contributed by atoms with E-state index in [1.807, 2.05) is 0 Å². The first kappa shape index (κ1) is 34.8. The van der Waals surface area contributed by atoms with Gasteiger partial charge in [-0.25, -0.2) is 0 Å². The fraction of sp³-hybridized carbons (Fsp3) is 0.947. The summed E-state index contributed by atoms with van der Waals surface area (Å²) in [4.78, 5) is 0. The lowest BCUT2D eigenvalue weighted by molar-refractivity contribution is -0.314. The van der Waals surface area contributed by atoms with Crippen molar-refractivity contribution < 1.29 is 29.5 Å². The summed E-state index contributed by atoms with van der Waals surface area (Å²) in [6.45, 7) is 15.4. The summed E-state index contributed by atoms with van der Waals surface area (Å²) >= 11 is 0. The summed E-state index contributed by atoms with van der Waals surface area (Å²) in [6, 6.07) is 0. The molecule has 13 atom stereocenters. The van der Waals surface area contributed by atoms with Gasteiger partial charge in [-0.15, -0.1) is 0 Å². The quantitative estimate of drug-likeness (QED) is 0.147. The molecule has 0 amide bonds.